The van der Waals surface area contributed by atoms with E-state index in [9.17, 15) is 8.78 Å². The quantitative estimate of drug-likeness (QED) is 0.806. The predicted octanol–water partition coefficient (Wildman–Crippen LogP) is 4.27. The van der Waals surface area contributed by atoms with Crippen LogP contribution in [-0.2, 0) is 6.54 Å². The van der Waals surface area contributed by atoms with Crippen LogP contribution < -0.4 is 5.32 Å². The SMILES string of the molecule is CCCC(NCC)c1ccn(Cc2ccc(F)c(F)c2)c1. The van der Waals surface area contributed by atoms with Gasteiger partial charge in [0.05, 0.1) is 0 Å². The Labute approximate surface area is 124 Å². The number of hydrogen-bond acceptors (Lipinski definition) is 1. The molecule has 0 aliphatic carbocycles. The van der Waals surface area contributed by atoms with Crippen molar-refractivity contribution in [2.24, 2.45) is 0 Å². The van der Waals surface area contributed by atoms with Crippen molar-refractivity contribution in [1.82, 2.24) is 9.88 Å². The van der Waals surface area contributed by atoms with Gasteiger partial charge in [-0.1, -0.05) is 26.3 Å². The highest BCUT2D eigenvalue weighted by Crippen LogP contribution is 2.19. The molecule has 0 saturated heterocycles. The highest BCUT2D eigenvalue weighted by Gasteiger charge is 2.11. The van der Waals surface area contributed by atoms with Crippen LogP contribution in [0, 0.1) is 11.6 Å². The second-order valence-electron chi connectivity index (χ2n) is 5.26. The molecule has 1 heterocycles. The number of rotatable bonds is 7. The Kier molecular flexibility index (Phi) is 5.51. The van der Waals surface area contributed by atoms with Crippen LogP contribution in [0.1, 0.15) is 43.9 Å². The summed E-state index contributed by atoms with van der Waals surface area (Å²) < 4.78 is 28.2. The van der Waals surface area contributed by atoms with E-state index >= 15 is 0 Å². The fraction of sp³-hybridized carbons (Fsp3) is 0.412. The van der Waals surface area contributed by atoms with Gasteiger partial charge in [-0.25, -0.2) is 8.78 Å². The summed E-state index contributed by atoms with van der Waals surface area (Å²) in [6, 6.07) is 6.48. The van der Waals surface area contributed by atoms with Crippen LogP contribution in [0.5, 0.6) is 0 Å². The molecule has 1 unspecified atom stereocenters. The Morgan fingerprint density at radius 1 is 1.14 bits per heavy atom. The Hall–Kier alpha value is -1.68. The molecular weight excluding hydrogens is 270 g/mol. The first kappa shape index (κ1) is 15.7. The number of hydrogen-bond donors (Lipinski definition) is 1. The monoisotopic (exact) mass is 292 g/mol. The summed E-state index contributed by atoms with van der Waals surface area (Å²) in [6.07, 6.45) is 6.26. The molecule has 0 spiro atoms. The molecule has 114 valence electrons. The van der Waals surface area contributed by atoms with Crippen molar-refractivity contribution < 1.29 is 8.78 Å². The van der Waals surface area contributed by atoms with Crippen LogP contribution in [0.3, 0.4) is 0 Å². The van der Waals surface area contributed by atoms with Crippen molar-refractivity contribution in [1.29, 1.82) is 0 Å². The molecule has 0 saturated carbocycles. The molecule has 1 aromatic carbocycles. The van der Waals surface area contributed by atoms with E-state index in [4.69, 9.17) is 0 Å². The number of nitrogens with one attached hydrogen (secondary N) is 1. The summed E-state index contributed by atoms with van der Waals surface area (Å²) in [5, 5.41) is 3.47. The van der Waals surface area contributed by atoms with Crippen molar-refractivity contribution in [3.63, 3.8) is 0 Å². The zero-order valence-electron chi connectivity index (χ0n) is 12.6. The molecule has 0 amide bonds. The van der Waals surface area contributed by atoms with Gasteiger partial charge < -0.3 is 9.88 Å². The first-order valence-corrected chi connectivity index (χ1v) is 7.47. The van der Waals surface area contributed by atoms with Crippen molar-refractivity contribution >= 4 is 0 Å². The molecule has 1 aromatic heterocycles. The third-order valence-electron chi connectivity index (χ3n) is 3.55. The van der Waals surface area contributed by atoms with E-state index in [1.54, 1.807) is 6.07 Å². The van der Waals surface area contributed by atoms with Crippen LogP contribution >= 0.6 is 0 Å². The maximum atomic E-state index is 13.2. The van der Waals surface area contributed by atoms with Gasteiger partial charge in [0.15, 0.2) is 11.6 Å². The van der Waals surface area contributed by atoms with E-state index in [0.29, 0.717) is 12.6 Å². The second-order valence-corrected chi connectivity index (χ2v) is 5.26. The van der Waals surface area contributed by atoms with Gasteiger partial charge in [-0.3, -0.25) is 0 Å². The van der Waals surface area contributed by atoms with Gasteiger partial charge in [0.25, 0.3) is 0 Å². The number of halogens is 2. The lowest BCUT2D eigenvalue weighted by atomic mass is 10.1. The van der Waals surface area contributed by atoms with Gasteiger partial charge in [-0.2, -0.15) is 0 Å². The zero-order valence-corrected chi connectivity index (χ0v) is 12.6. The molecule has 21 heavy (non-hydrogen) atoms. The maximum Gasteiger partial charge on any atom is 0.159 e. The lowest BCUT2D eigenvalue weighted by Gasteiger charge is -2.15. The summed E-state index contributed by atoms with van der Waals surface area (Å²) >= 11 is 0. The largest absolute Gasteiger partial charge is 0.350 e. The maximum absolute atomic E-state index is 13.2. The molecular formula is C17H22F2N2. The molecule has 2 rings (SSSR count). The minimum atomic E-state index is -0.804. The molecule has 0 bridgehead atoms. The zero-order chi connectivity index (χ0) is 15.2. The molecule has 0 aliphatic heterocycles. The van der Waals surface area contributed by atoms with Gasteiger partial charge in [-0.05, 0) is 42.3 Å². The van der Waals surface area contributed by atoms with Gasteiger partial charge in [0.2, 0.25) is 0 Å². The van der Waals surface area contributed by atoms with Crippen LogP contribution in [0.2, 0.25) is 0 Å². The average Bonchev–Trinajstić information content (AvgIpc) is 2.91. The molecule has 0 aliphatic rings. The highest BCUT2D eigenvalue weighted by molar-refractivity contribution is 5.21. The minimum absolute atomic E-state index is 0.353. The van der Waals surface area contributed by atoms with Gasteiger partial charge in [0, 0.05) is 25.0 Å². The van der Waals surface area contributed by atoms with Crippen molar-refractivity contribution in [3.05, 3.63) is 59.4 Å². The van der Waals surface area contributed by atoms with E-state index in [0.717, 1.165) is 24.9 Å². The van der Waals surface area contributed by atoms with E-state index in [1.807, 2.05) is 10.8 Å². The second kappa shape index (κ2) is 7.36. The first-order chi connectivity index (χ1) is 10.1. The molecule has 0 fully saturated rings. The summed E-state index contributed by atoms with van der Waals surface area (Å²) in [5.41, 5.74) is 1.99. The standard InChI is InChI=1S/C17H22F2N2/c1-3-5-17(20-4-2)14-8-9-21(12-14)11-13-6-7-15(18)16(19)10-13/h6-10,12,17,20H,3-5,11H2,1-2H3. The van der Waals surface area contributed by atoms with E-state index < -0.39 is 11.6 Å². The van der Waals surface area contributed by atoms with Crippen molar-refractivity contribution in [3.8, 4) is 0 Å². The third kappa shape index (κ3) is 4.14. The highest BCUT2D eigenvalue weighted by atomic mass is 19.2. The number of nitrogens with zero attached hydrogens (tertiary/aromatic N) is 1. The Balaban J connectivity index is 2.09. The Morgan fingerprint density at radius 3 is 2.62 bits per heavy atom. The number of aromatic nitrogens is 1. The molecule has 2 nitrogen and oxygen atoms in total. The van der Waals surface area contributed by atoms with Crippen LogP contribution in [-0.4, -0.2) is 11.1 Å². The lowest BCUT2D eigenvalue weighted by molar-refractivity contribution is 0.505. The van der Waals surface area contributed by atoms with Crippen molar-refractivity contribution in [2.45, 2.75) is 39.3 Å². The molecule has 1 N–H and O–H groups in total. The van der Waals surface area contributed by atoms with E-state index in [-0.39, 0.29) is 0 Å². The lowest BCUT2D eigenvalue weighted by Crippen LogP contribution is -2.20. The average molecular weight is 292 g/mol. The van der Waals surface area contributed by atoms with Gasteiger partial charge in [0.1, 0.15) is 0 Å². The van der Waals surface area contributed by atoms with E-state index in [1.165, 1.54) is 17.7 Å². The van der Waals surface area contributed by atoms with Gasteiger partial charge >= 0.3 is 0 Å². The van der Waals surface area contributed by atoms with Crippen LogP contribution in [0.25, 0.3) is 0 Å². The normalized spacial score (nSPS) is 12.6. The summed E-state index contributed by atoms with van der Waals surface area (Å²) in [4.78, 5) is 0. The summed E-state index contributed by atoms with van der Waals surface area (Å²) in [5.74, 6) is -1.60. The fourth-order valence-corrected chi connectivity index (χ4v) is 2.53. The third-order valence-corrected chi connectivity index (χ3v) is 3.55. The predicted molar refractivity (Wildman–Crippen MR) is 81.2 cm³/mol. The minimum Gasteiger partial charge on any atom is -0.350 e. The smallest absolute Gasteiger partial charge is 0.159 e. The van der Waals surface area contributed by atoms with E-state index in [2.05, 4.69) is 31.4 Å². The summed E-state index contributed by atoms with van der Waals surface area (Å²) in [6.45, 7) is 5.74. The summed E-state index contributed by atoms with van der Waals surface area (Å²) in [7, 11) is 0. The Bertz CT molecular complexity index is 572. The van der Waals surface area contributed by atoms with Crippen LogP contribution in [0.15, 0.2) is 36.7 Å². The number of benzene rings is 1. The fourth-order valence-electron chi connectivity index (χ4n) is 2.53. The van der Waals surface area contributed by atoms with Crippen molar-refractivity contribution in [2.75, 3.05) is 6.54 Å². The molecule has 4 heteroatoms. The molecule has 1 atom stereocenters. The first-order valence-electron chi connectivity index (χ1n) is 7.47. The Morgan fingerprint density at radius 2 is 1.95 bits per heavy atom. The topological polar surface area (TPSA) is 17.0 Å². The molecule has 0 radical (unpaired) electrons. The van der Waals surface area contributed by atoms with Gasteiger partial charge in [-0.15, -0.1) is 0 Å². The molecule has 2 aromatic rings. The van der Waals surface area contributed by atoms with Crippen LogP contribution in [0.4, 0.5) is 8.78 Å².